The zero-order valence-corrected chi connectivity index (χ0v) is 12.1. The Balaban J connectivity index is 1.69. The third-order valence-electron chi connectivity index (χ3n) is 3.12. The van der Waals surface area contributed by atoms with Gasteiger partial charge in [-0.3, -0.25) is 4.79 Å². The summed E-state index contributed by atoms with van der Waals surface area (Å²) in [6.07, 6.45) is 2.26. The summed E-state index contributed by atoms with van der Waals surface area (Å²) in [5.74, 6) is 0.0196. The minimum absolute atomic E-state index is 0.0196. The second kappa shape index (κ2) is 7.71. The van der Waals surface area contributed by atoms with E-state index < -0.39 is 0 Å². The lowest BCUT2D eigenvalue weighted by Gasteiger charge is -2.06. The van der Waals surface area contributed by atoms with Crippen LogP contribution in [-0.2, 0) is 17.6 Å². The summed E-state index contributed by atoms with van der Waals surface area (Å²) in [5.41, 5.74) is 2.17. The summed E-state index contributed by atoms with van der Waals surface area (Å²) < 4.78 is 0. The highest BCUT2D eigenvalue weighted by molar-refractivity contribution is 6.31. The summed E-state index contributed by atoms with van der Waals surface area (Å²) in [6.45, 7) is 0.693. The van der Waals surface area contributed by atoms with Crippen molar-refractivity contribution in [1.29, 1.82) is 0 Å². The van der Waals surface area contributed by atoms with Crippen molar-refractivity contribution >= 4 is 17.5 Å². The highest BCUT2D eigenvalue weighted by atomic mass is 35.5. The standard InChI is InChI=1S/C17H18ClNO/c18-16-11-5-4-10-15(16)13-17(20)19-12-6-9-14-7-2-1-3-8-14/h1-5,7-8,10-11H,6,9,12-13H2,(H,19,20). The maximum atomic E-state index is 11.8. The third kappa shape index (κ3) is 4.71. The molecule has 1 amide bonds. The fourth-order valence-corrected chi connectivity index (χ4v) is 2.24. The first kappa shape index (κ1) is 14.6. The van der Waals surface area contributed by atoms with Crippen molar-refractivity contribution in [2.45, 2.75) is 19.3 Å². The largest absolute Gasteiger partial charge is 0.356 e. The van der Waals surface area contributed by atoms with Gasteiger partial charge < -0.3 is 5.32 Å². The van der Waals surface area contributed by atoms with Crippen LogP contribution >= 0.6 is 11.6 Å². The lowest BCUT2D eigenvalue weighted by molar-refractivity contribution is -0.120. The molecule has 0 atom stereocenters. The zero-order chi connectivity index (χ0) is 14.2. The summed E-state index contributed by atoms with van der Waals surface area (Å²) in [7, 11) is 0. The zero-order valence-electron chi connectivity index (χ0n) is 11.3. The van der Waals surface area contributed by atoms with Gasteiger partial charge in [-0.15, -0.1) is 0 Å². The molecule has 1 N–H and O–H groups in total. The molecule has 0 saturated heterocycles. The quantitative estimate of drug-likeness (QED) is 0.808. The number of benzene rings is 2. The van der Waals surface area contributed by atoms with Gasteiger partial charge in [-0.2, -0.15) is 0 Å². The topological polar surface area (TPSA) is 29.1 Å². The van der Waals surface area contributed by atoms with Crippen LogP contribution in [0, 0.1) is 0 Å². The first-order valence-electron chi connectivity index (χ1n) is 6.80. The van der Waals surface area contributed by atoms with Gasteiger partial charge in [0, 0.05) is 11.6 Å². The summed E-state index contributed by atoms with van der Waals surface area (Å²) >= 11 is 6.03. The Labute approximate surface area is 124 Å². The first-order chi connectivity index (χ1) is 9.75. The Morgan fingerprint density at radius 1 is 1.00 bits per heavy atom. The average molecular weight is 288 g/mol. The van der Waals surface area contributed by atoms with Crippen molar-refractivity contribution in [2.24, 2.45) is 0 Å². The molecule has 0 aliphatic rings. The fraction of sp³-hybridized carbons (Fsp3) is 0.235. The molecule has 0 radical (unpaired) electrons. The van der Waals surface area contributed by atoms with E-state index >= 15 is 0 Å². The van der Waals surface area contributed by atoms with Crippen LogP contribution in [0.1, 0.15) is 17.5 Å². The molecular weight excluding hydrogens is 270 g/mol. The highest BCUT2D eigenvalue weighted by Gasteiger charge is 2.05. The Kier molecular flexibility index (Phi) is 5.63. The number of amides is 1. The van der Waals surface area contributed by atoms with Gasteiger partial charge >= 0.3 is 0 Å². The normalized spacial score (nSPS) is 10.2. The van der Waals surface area contributed by atoms with Gasteiger partial charge in [-0.05, 0) is 30.0 Å². The van der Waals surface area contributed by atoms with E-state index in [1.165, 1.54) is 5.56 Å². The minimum atomic E-state index is 0.0196. The van der Waals surface area contributed by atoms with Crippen molar-refractivity contribution in [3.63, 3.8) is 0 Å². The van der Waals surface area contributed by atoms with Crippen LogP contribution in [-0.4, -0.2) is 12.5 Å². The lowest BCUT2D eigenvalue weighted by Crippen LogP contribution is -2.26. The van der Waals surface area contributed by atoms with E-state index in [1.807, 2.05) is 36.4 Å². The number of rotatable bonds is 6. The predicted molar refractivity (Wildman–Crippen MR) is 82.9 cm³/mol. The maximum Gasteiger partial charge on any atom is 0.224 e. The molecule has 20 heavy (non-hydrogen) atoms. The molecule has 0 heterocycles. The van der Waals surface area contributed by atoms with Crippen LogP contribution in [0.3, 0.4) is 0 Å². The van der Waals surface area contributed by atoms with Crippen LogP contribution in [0.2, 0.25) is 5.02 Å². The highest BCUT2D eigenvalue weighted by Crippen LogP contribution is 2.15. The van der Waals surface area contributed by atoms with Crippen LogP contribution in [0.25, 0.3) is 0 Å². The van der Waals surface area contributed by atoms with E-state index in [0.717, 1.165) is 18.4 Å². The van der Waals surface area contributed by atoms with E-state index in [1.54, 1.807) is 6.07 Å². The van der Waals surface area contributed by atoms with Gasteiger partial charge in [0.1, 0.15) is 0 Å². The molecule has 0 aromatic heterocycles. The van der Waals surface area contributed by atoms with Gasteiger partial charge in [0.2, 0.25) is 5.91 Å². The molecule has 0 aliphatic carbocycles. The molecule has 2 nitrogen and oxygen atoms in total. The number of hydrogen-bond donors (Lipinski definition) is 1. The third-order valence-corrected chi connectivity index (χ3v) is 3.48. The minimum Gasteiger partial charge on any atom is -0.356 e. The van der Waals surface area contributed by atoms with Crippen molar-refractivity contribution in [2.75, 3.05) is 6.54 Å². The fourth-order valence-electron chi connectivity index (χ4n) is 2.04. The molecule has 2 aromatic carbocycles. The van der Waals surface area contributed by atoms with Crippen molar-refractivity contribution in [1.82, 2.24) is 5.32 Å². The molecule has 0 aliphatic heterocycles. The van der Waals surface area contributed by atoms with E-state index in [0.29, 0.717) is 18.0 Å². The van der Waals surface area contributed by atoms with Gasteiger partial charge in [0.15, 0.2) is 0 Å². The van der Waals surface area contributed by atoms with Crippen molar-refractivity contribution in [3.05, 3.63) is 70.7 Å². The monoisotopic (exact) mass is 287 g/mol. The molecule has 0 fully saturated rings. The summed E-state index contributed by atoms with van der Waals surface area (Å²) in [6, 6.07) is 17.7. The number of hydrogen-bond acceptors (Lipinski definition) is 1. The van der Waals surface area contributed by atoms with Gasteiger partial charge in [0.05, 0.1) is 6.42 Å². The molecule has 0 bridgehead atoms. The van der Waals surface area contributed by atoms with Crippen LogP contribution in [0.4, 0.5) is 0 Å². The van der Waals surface area contributed by atoms with Crippen LogP contribution in [0.15, 0.2) is 54.6 Å². The number of carbonyl (C=O) groups excluding carboxylic acids is 1. The molecule has 3 heteroatoms. The van der Waals surface area contributed by atoms with E-state index in [-0.39, 0.29) is 5.91 Å². The summed E-state index contributed by atoms with van der Waals surface area (Å²) in [5, 5.41) is 3.58. The van der Waals surface area contributed by atoms with E-state index in [2.05, 4.69) is 17.4 Å². The predicted octanol–water partition coefficient (Wildman–Crippen LogP) is 3.63. The molecule has 0 saturated carbocycles. The van der Waals surface area contributed by atoms with Gasteiger partial charge in [0.25, 0.3) is 0 Å². The SMILES string of the molecule is O=C(Cc1ccccc1Cl)NCCCc1ccccc1. The molecule has 2 rings (SSSR count). The number of nitrogens with one attached hydrogen (secondary N) is 1. The van der Waals surface area contributed by atoms with Crippen molar-refractivity contribution in [3.8, 4) is 0 Å². The Hall–Kier alpha value is -1.80. The second-order valence-corrected chi connectivity index (χ2v) is 5.11. The van der Waals surface area contributed by atoms with Gasteiger partial charge in [-0.25, -0.2) is 0 Å². The molecular formula is C17H18ClNO. The van der Waals surface area contributed by atoms with E-state index in [4.69, 9.17) is 11.6 Å². The Morgan fingerprint density at radius 3 is 2.45 bits per heavy atom. The van der Waals surface area contributed by atoms with E-state index in [9.17, 15) is 4.79 Å². The summed E-state index contributed by atoms with van der Waals surface area (Å²) in [4.78, 5) is 11.8. The first-order valence-corrected chi connectivity index (χ1v) is 7.17. The van der Waals surface area contributed by atoms with Gasteiger partial charge in [-0.1, -0.05) is 60.1 Å². The molecule has 0 unspecified atom stereocenters. The number of carbonyl (C=O) groups is 1. The van der Waals surface area contributed by atoms with Crippen LogP contribution in [0.5, 0.6) is 0 Å². The number of aryl methyl sites for hydroxylation is 1. The Bertz CT molecular complexity index is 554. The maximum absolute atomic E-state index is 11.8. The van der Waals surface area contributed by atoms with Crippen molar-refractivity contribution < 1.29 is 4.79 Å². The lowest BCUT2D eigenvalue weighted by atomic mass is 10.1. The number of halogens is 1. The molecule has 0 spiro atoms. The second-order valence-electron chi connectivity index (χ2n) is 4.71. The van der Waals surface area contributed by atoms with Crippen LogP contribution < -0.4 is 5.32 Å². The molecule has 104 valence electrons. The Morgan fingerprint density at radius 2 is 1.70 bits per heavy atom. The average Bonchev–Trinajstić information content (AvgIpc) is 2.47. The molecule has 2 aromatic rings. The smallest absolute Gasteiger partial charge is 0.224 e.